The molecule has 0 amide bonds. The van der Waals surface area contributed by atoms with Crippen molar-refractivity contribution in [2.24, 2.45) is 0 Å². The van der Waals surface area contributed by atoms with Crippen LogP contribution in [0.5, 0.6) is 17.2 Å². The zero-order valence-electron chi connectivity index (χ0n) is 12.2. The van der Waals surface area contributed by atoms with Crippen LogP contribution in [0.3, 0.4) is 0 Å². The molecule has 2 aromatic carbocycles. The van der Waals surface area contributed by atoms with Crippen LogP contribution in [0.1, 0.15) is 17.5 Å². The van der Waals surface area contributed by atoms with Crippen molar-refractivity contribution in [3.63, 3.8) is 0 Å². The van der Waals surface area contributed by atoms with Crippen LogP contribution in [0.2, 0.25) is 0 Å². The molecule has 0 saturated heterocycles. The van der Waals surface area contributed by atoms with Gasteiger partial charge in [0, 0.05) is 6.54 Å². The summed E-state index contributed by atoms with van der Waals surface area (Å²) in [5.74, 6) is -0.0319. The highest BCUT2D eigenvalue weighted by Crippen LogP contribution is 2.24. The van der Waals surface area contributed by atoms with E-state index in [9.17, 15) is 20.4 Å². The van der Waals surface area contributed by atoms with Crippen LogP contribution < -0.4 is 5.32 Å². The minimum atomic E-state index is -0.612. The van der Waals surface area contributed by atoms with Crippen LogP contribution in [0.25, 0.3) is 0 Å². The van der Waals surface area contributed by atoms with Crippen LogP contribution in [0.15, 0.2) is 42.5 Å². The summed E-state index contributed by atoms with van der Waals surface area (Å²) in [6.45, 7) is 0.570. The number of aryl methyl sites for hydroxylation is 1. The number of nitrogens with one attached hydrogen (secondary N) is 1. The van der Waals surface area contributed by atoms with Gasteiger partial charge in [-0.05, 0) is 54.7 Å². The number of aliphatic hydroxyl groups excluding tert-OH is 1. The second-order valence-corrected chi connectivity index (χ2v) is 5.25. The number of aromatic hydroxyl groups is 3. The highest BCUT2D eigenvalue weighted by molar-refractivity contribution is 5.40. The van der Waals surface area contributed by atoms with Crippen molar-refractivity contribution in [3.8, 4) is 17.2 Å². The van der Waals surface area contributed by atoms with Gasteiger partial charge >= 0.3 is 0 Å². The molecule has 0 fully saturated rings. The zero-order valence-corrected chi connectivity index (χ0v) is 12.2. The summed E-state index contributed by atoms with van der Waals surface area (Å²) in [7, 11) is 0. The van der Waals surface area contributed by atoms with Crippen molar-refractivity contribution in [2.75, 3.05) is 6.54 Å². The van der Waals surface area contributed by atoms with Gasteiger partial charge in [0.15, 0.2) is 11.5 Å². The molecule has 118 valence electrons. The van der Waals surface area contributed by atoms with E-state index in [2.05, 4.69) is 5.32 Å². The Kier molecular flexibility index (Phi) is 5.63. The van der Waals surface area contributed by atoms with Gasteiger partial charge in [-0.15, -0.1) is 0 Å². The normalized spacial score (nSPS) is 12.2. The highest BCUT2D eigenvalue weighted by atomic mass is 16.3. The number of aliphatic hydroxyl groups is 1. The lowest BCUT2D eigenvalue weighted by Crippen LogP contribution is -2.30. The molecule has 2 rings (SSSR count). The number of hydrogen-bond acceptors (Lipinski definition) is 5. The van der Waals surface area contributed by atoms with Gasteiger partial charge in [-0.2, -0.15) is 0 Å². The van der Waals surface area contributed by atoms with Gasteiger partial charge in [0.2, 0.25) is 0 Å². The van der Waals surface area contributed by atoms with Crippen LogP contribution in [0, 0.1) is 0 Å². The molecule has 22 heavy (non-hydrogen) atoms. The largest absolute Gasteiger partial charge is 0.508 e. The van der Waals surface area contributed by atoms with Gasteiger partial charge in [-0.1, -0.05) is 18.2 Å². The van der Waals surface area contributed by atoms with Crippen molar-refractivity contribution >= 4 is 0 Å². The molecular formula is C17H21NO4. The van der Waals surface area contributed by atoms with E-state index in [1.165, 1.54) is 12.1 Å². The third-order valence-corrected chi connectivity index (χ3v) is 3.48. The second kappa shape index (κ2) is 7.68. The van der Waals surface area contributed by atoms with Gasteiger partial charge < -0.3 is 20.4 Å². The SMILES string of the molecule is Oc1ccc(CC[C@@H](O)NCCc2ccc(O)c(O)c2)cc1. The first-order valence-corrected chi connectivity index (χ1v) is 7.25. The Morgan fingerprint density at radius 3 is 2.18 bits per heavy atom. The van der Waals surface area contributed by atoms with Crippen LogP contribution in [-0.4, -0.2) is 33.2 Å². The standard InChI is InChI=1S/C17H21NO4/c19-14-5-1-12(2-6-14)4-8-17(22)18-10-9-13-3-7-15(20)16(21)11-13/h1-3,5-7,11,17-22H,4,8-10H2/t17-/m1/s1. The van der Waals surface area contributed by atoms with Gasteiger partial charge in [0.05, 0.1) is 0 Å². The summed E-state index contributed by atoms with van der Waals surface area (Å²) < 4.78 is 0. The zero-order chi connectivity index (χ0) is 15.9. The molecule has 0 heterocycles. The Morgan fingerprint density at radius 1 is 0.818 bits per heavy atom. The average molecular weight is 303 g/mol. The molecule has 1 atom stereocenters. The van der Waals surface area contributed by atoms with Gasteiger partial charge in [0.1, 0.15) is 12.0 Å². The molecule has 0 aliphatic rings. The van der Waals surface area contributed by atoms with E-state index in [0.717, 1.165) is 11.1 Å². The Morgan fingerprint density at radius 2 is 1.50 bits per heavy atom. The van der Waals surface area contributed by atoms with Crippen LogP contribution >= 0.6 is 0 Å². The van der Waals surface area contributed by atoms with Crippen molar-refractivity contribution < 1.29 is 20.4 Å². The monoisotopic (exact) mass is 303 g/mol. The van der Waals surface area contributed by atoms with Crippen molar-refractivity contribution in [2.45, 2.75) is 25.5 Å². The summed E-state index contributed by atoms with van der Waals surface area (Å²) in [6.07, 6.45) is 1.32. The minimum Gasteiger partial charge on any atom is -0.508 e. The number of benzene rings is 2. The summed E-state index contributed by atoms with van der Waals surface area (Å²) in [4.78, 5) is 0. The summed E-state index contributed by atoms with van der Waals surface area (Å²) in [5, 5.41) is 40.7. The fourth-order valence-electron chi connectivity index (χ4n) is 2.18. The first-order valence-electron chi connectivity index (χ1n) is 7.25. The minimum absolute atomic E-state index is 0.134. The summed E-state index contributed by atoms with van der Waals surface area (Å²) in [5.41, 5.74) is 1.94. The molecule has 0 saturated carbocycles. The molecule has 5 heteroatoms. The Balaban J connectivity index is 1.70. The molecule has 0 unspecified atom stereocenters. The number of phenolic OH excluding ortho intramolecular Hbond substituents is 3. The quantitative estimate of drug-likeness (QED) is 0.398. The predicted octanol–water partition coefficient (Wildman–Crippen LogP) is 1.89. The van der Waals surface area contributed by atoms with Crippen molar-refractivity contribution in [1.82, 2.24) is 5.32 Å². The van der Waals surface area contributed by atoms with E-state index in [1.807, 2.05) is 12.1 Å². The fourth-order valence-corrected chi connectivity index (χ4v) is 2.18. The second-order valence-electron chi connectivity index (χ2n) is 5.25. The van der Waals surface area contributed by atoms with Gasteiger partial charge in [0.25, 0.3) is 0 Å². The summed E-state index contributed by atoms with van der Waals surface area (Å²) >= 11 is 0. The average Bonchev–Trinajstić information content (AvgIpc) is 2.50. The topological polar surface area (TPSA) is 93.0 Å². The maximum Gasteiger partial charge on any atom is 0.157 e. The van der Waals surface area contributed by atoms with Crippen molar-refractivity contribution in [3.05, 3.63) is 53.6 Å². The Labute approximate surface area is 129 Å². The van der Waals surface area contributed by atoms with E-state index in [0.29, 0.717) is 25.8 Å². The van der Waals surface area contributed by atoms with E-state index in [-0.39, 0.29) is 17.2 Å². The van der Waals surface area contributed by atoms with Crippen LogP contribution in [-0.2, 0) is 12.8 Å². The molecule has 5 nitrogen and oxygen atoms in total. The molecular weight excluding hydrogens is 282 g/mol. The number of hydrogen-bond donors (Lipinski definition) is 5. The lowest BCUT2D eigenvalue weighted by atomic mass is 10.1. The highest BCUT2D eigenvalue weighted by Gasteiger charge is 2.05. The van der Waals surface area contributed by atoms with E-state index in [4.69, 9.17) is 0 Å². The lowest BCUT2D eigenvalue weighted by molar-refractivity contribution is 0.129. The molecule has 0 bridgehead atoms. The van der Waals surface area contributed by atoms with Gasteiger partial charge in [-0.3, -0.25) is 5.32 Å². The third-order valence-electron chi connectivity index (χ3n) is 3.48. The maximum absolute atomic E-state index is 9.89. The molecule has 0 aliphatic carbocycles. The fraction of sp³-hybridized carbons (Fsp3) is 0.294. The molecule has 0 aromatic heterocycles. The molecule has 5 N–H and O–H groups in total. The molecule has 0 radical (unpaired) electrons. The van der Waals surface area contributed by atoms with E-state index in [1.54, 1.807) is 18.2 Å². The van der Waals surface area contributed by atoms with E-state index < -0.39 is 6.23 Å². The third kappa shape index (κ3) is 4.95. The van der Waals surface area contributed by atoms with Crippen LogP contribution in [0.4, 0.5) is 0 Å². The lowest BCUT2D eigenvalue weighted by Gasteiger charge is -2.13. The van der Waals surface area contributed by atoms with Gasteiger partial charge in [-0.25, -0.2) is 0 Å². The van der Waals surface area contributed by atoms with E-state index >= 15 is 0 Å². The molecule has 2 aromatic rings. The number of phenols is 3. The smallest absolute Gasteiger partial charge is 0.157 e. The predicted molar refractivity (Wildman–Crippen MR) is 83.9 cm³/mol. The van der Waals surface area contributed by atoms with Crippen molar-refractivity contribution in [1.29, 1.82) is 0 Å². The summed E-state index contributed by atoms with van der Waals surface area (Å²) in [6, 6.07) is 11.6. The molecule has 0 aliphatic heterocycles. The first-order chi connectivity index (χ1) is 10.5. The Hall–Kier alpha value is -2.24. The Bertz CT molecular complexity index is 598. The number of rotatable bonds is 7. The molecule has 0 spiro atoms. The maximum atomic E-state index is 9.89. The first kappa shape index (κ1) is 16.1.